The summed E-state index contributed by atoms with van der Waals surface area (Å²) in [6.07, 6.45) is -0.270. The average molecular weight is 260 g/mol. The van der Waals surface area contributed by atoms with Crippen molar-refractivity contribution in [2.45, 2.75) is 31.0 Å². The molecule has 0 bridgehead atoms. The summed E-state index contributed by atoms with van der Waals surface area (Å²) in [5.41, 5.74) is -1.07. The van der Waals surface area contributed by atoms with Crippen molar-refractivity contribution in [2.24, 2.45) is 0 Å². The van der Waals surface area contributed by atoms with Gasteiger partial charge in [-0.25, -0.2) is 4.98 Å². The fraction of sp³-hybridized carbons (Fsp3) is 0.583. The number of halogens is 3. The smallest absolute Gasteiger partial charge is 0.376 e. The summed E-state index contributed by atoms with van der Waals surface area (Å²) in [6, 6.07) is 2.30. The third-order valence-electron chi connectivity index (χ3n) is 3.39. The second kappa shape index (κ2) is 4.76. The van der Waals surface area contributed by atoms with E-state index in [2.05, 4.69) is 10.3 Å². The number of ether oxygens (including phenoxy) is 1. The van der Waals surface area contributed by atoms with Crippen molar-refractivity contribution < 1.29 is 17.9 Å². The standard InChI is InChI=1S/C12H15F3N2O/c1-18-11(5-3-6-11)8-17-10-9(12(13,14)15)4-2-7-16-10/h2,4,7H,3,5-6,8H2,1H3,(H,16,17). The first-order valence-corrected chi connectivity index (χ1v) is 5.78. The number of nitrogens with one attached hydrogen (secondary N) is 1. The molecule has 0 radical (unpaired) electrons. The predicted molar refractivity (Wildman–Crippen MR) is 61.3 cm³/mol. The van der Waals surface area contributed by atoms with E-state index in [9.17, 15) is 13.2 Å². The van der Waals surface area contributed by atoms with Crippen LogP contribution in [-0.4, -0.2) is 24.2 Å². The number of anilines is 1. The van der Waals surface area contributed by atoms with E-state index in [1.165, 1.54) is 12.3 Å². The molecule has 0 saturated heterocycles. The van der Waals surface area contributed by atoms with Crippen molar-refractivity contribution in [1.29, 1.82) is 0 Å². The van der Waals surface area contributed by atoms with Crippen LogP contribution in [0.15, 0.2) is 18.3 Å². The van der Waals surface area contributed by atoms with Crippen molar-refractivity contribution in [3.63, 3.8) is 0 Å². The molecule has 0 spiro atoms. The molecule has 18 heavy (non-hydrogen) atoms. The number of hydrogen-bond acceptors (Lipinski definition) is 3. The first kappa shape index (κ1) is 13.1. The summed E-state index contributed by atoms with van der Waals surface area (Å²) < 4.78 is 43.6. The zero-order chi connectivity index (χ0) is 13.2. The highest BCUT2D eigenvalue weighted by Gasteiger charge is 2.38. The zero-order valence-corrected chi connectivity index (χ0v) is 10.0. The molecule has 0 aromatic carbocycles. The lowest BCUT2D eigenvalue weighted by Gasteiger charge is -2.40. The molecule has 1 aromatic heterocycles. The van der Waals surface area contributed by atoms with Crippen LogP contribution in [0.1, 0.15) is 24.8 Å². The topological polar surface area (TPSA) is 34.1 Å². The summed E-state index contributed by atoms with van der Waals surface area (Å²) >= 11 is 0. The van der Waals surface area contributed by atoms with E-state index in [1.807, 2.05) is 0 Å². The zero-order valence-electron chi connectivity index (χ0n) is 10.0. The number of alkyl halides is 3. The van der Waals surface area contributed by atoms with E-state index < -0.39 is 11.7 Å². The minimum Gasteiger partial charge on any atom is -0.376 e. The fourth-order valence-corrected chi connectivity index (χ4v) is 2.04. The predicted octanol–water partition coefficient (Wildman–Crippen LogP) is 3.08. The SMILES string of the molecule is COC1(CNc2ncccc2C(F)(F)F)CCC1. The van der Waals surface area contributed by atoms with Crippen molar-refractivity contribution in [1.82, 2.24) is 4.98 Å². The maximum Gasteiger partial charge on any atom is 0.419 e. The molecule has 1 fully saturated rings. The Balaban J connectivity index is 2.10. The number of nitrogens with zero attached hydrogens (tertiary/aromatic N) is 1. The van der Waals surface area contributed by atoms with Gasteiger partial charge < -0.3 is 10.1 Å². The van der Waals surface area contributed by atoms with Crippen molar-refractivity contribution in [2.75, 3.05) is 19.0 Å². The van der Waals surface area contributed by atoms with Crippen molar-refractivity contribution in [3.8, 4) is 0 Å². The van der Waals surface area contributed by atoms with Gasteiger partial charge in [-0.1, -0.05) is 0 Å². The van der Waals surface area contributed by atoms with E-state index in [4.69, 9.17) is 4.74 Å². The molecule has 0 unspecified atom stereocenters. The number of aromatic nitrogens is 1. The Hall–Kier alpha value is -1.30. The lowest BCUT2D eigenvalue weighted by Crippen LogP contribution is -2.45. The third-order valence-corrected chi connectivity index (χ3v) is 3.39. The van der Waals surface area contributed by atoms with Gasteiger partial charge >= 0.3 is 6.18 Å². The quantitative estimate of drug-likeness (QED) is 0.903. The fourth-order valence-electron chi connectivity index (χ4n) is 2.04. The van der Waals surface area contributed by atoms with Crippen LogP contribution >= 0.6 is 0 Å². The van der Waals surface area contributed by atoms with Crippen LogP contribution in [-0.2, 0) is 10.9 Å². The van der Waals surface area contributed by atoms with Gasteiger partial charge in [0.1, 0.15) is 5.82 Å². The van der Waals surface area contributed by atoms with Gasteiger partial charge in [-0.3, -0.25) is 0 Å². The van der Waals surface area contributed by atoms with Crippen LogP contribution in [0.2, 0.25) is 0 Å². The monoisotopic (exact) mass is 260 g/mol. The van der Waals surface area contributed by atoms with Gasteiger partial charge in [-0.15, -0.1) is 0 Å². The van der Waals surface area contributed by atoms with Crippen molar-refractivity contribution >= 4 is 5.82 Å². The molecule has 0 aliphatic heterocycles. The van der Waals surface area contributed by atoms with Gasteiger partial charge in [-0.05, 0) is 31.4 Å². The molecular weight excluding hydrogens is 245 g/mol. The Bertz CT molecular complexity index is 411. The first-order valence-electron chi connectivity index (χ1n) is 5.78. The van der Waals surface area contributed by atoms with Crippen LogP contribution < -0.4 is 5.32 Å². The van der Waals surface area contributed by atoms with E-state index in [-0.39, 0.29) is 11.4 Å². The highest BCUT2D eigenvalue weighted by molar-refractivity contribution is 5.45. The lowest BCUT2D eigenvalue weighted by molar-refractivity contribution is -0.137. The van der Waals surface area contributed by atoms with Crippen LogP contribution in [0.25, 0.3) is 0 Å². The van der Waals surface area contributed by atoms with E-state index >= 15 is 0 Å². The summed E-state index contributed by atoms with van der Waals surface area (Å²) in [4.78, 5) is 3.75. The molecular formula is C12H15F3N2O. The largest absolute Gasteiger partial charge is 0.419 e. The maximum atomic E-state index is 12.7. The van der Waals surface area contributed by atoms with Gasteiger partial charge in [0.05, 0.1) is 11.2 Å². The molecule has 0 amide bonds. The van der Waals surface area contributed by atoms with Gasteiger partial charge in [0, 0.05) is 19.9 Å². The third kappa shape index (κ3) is 2.58. The molecule has 1 saturated carbocycles. The normalized spacial score (nSPS) is 18.2. The Morgan fingerprint density at radius 1 is 1.44 bits per heavy atom. The van der Waals surface area contributed by atoms with Crippen molar-refractivity contribution in [3.05, 3.63) is 23.9 Å². The van der Waals surface area contributed by atoms with Gasteiger partial charge in [0.25, 0.3) is 0 Å². The van der Waals surface area contributed by atoms with Crippen LogP contribution in [0, 0.1) is 0 Å². The Morgan fingerprint density at radius 3 is 2.67 bits per heavy atom. The van der Waals surface area contributed by atoms with Crippen LogP contribution in [0.3, 0.4) is 0 Å². The number of pyridine rings is 1. The highest BCUT2D eigenvalue weighted by Crippen LogP contribution is 2.37. The molecule has 1 aliphatic carbocycles. The van der Waals surface area contributed by atoms with Crippen LogP contribution in [0.4, 0.5) is 19.0 Å². The second-order valence-electron chi connectivity index (χ2n) is 4.49. The molecule has 1 aromatic rings. The average Bonchev–Trinajstić information content (AvgIpc) is 2.27. The van der Waals surface area contributed by atoms with Gasteiger partial charge in [-0.2, -0.15) is 13.2 Å². The molecule has 2 rings (SSSR count). The lowest BCUT2D eigenvalue weighted by atomic mass is 9.80. The maximum absolute atomic E-state index is 12.7. The Kier molecular flexibility index (Phi) is 3.47. The summed E-state index contributed by atoms with van der Waals surface area (Å²) in [5, 5.41) is 2.76. The van der Waals surface area contributed by atoms with Gasteiger partial charge in [0.15, 0.2) is 0 Å². The number of rotatable bonds is 4. The molecule has 0 atom stereocenters. The number of methoxy groups -OCH3 is 1. The molecule has 1 aliphatic rings. The second-order valence-corrected chi connectivity index (χ2v) is 4.49. The Labute approximate surface area is 103 Å². The summed E-state index contributed by atoms with van der Waals surface area (Å²) in [6.45, 7) is 0.351. The molecule has 100 valence electrons. The Morgan fingerprint density at radius 2 is 2.17 bits per heavy atom. The molecule has 1 N–H and O–H groups in total. The first-order chi connectivity index (χ1) is 8.47. The van der Waals surface area contributed by atoms with Crippen LogP contribution in [0.5, 0.6) is 0 Å². The van der Waals surface area contributed by atoms with E-state index in [0.29, 0.717) is 6.54 Å². The molecule has 1 heterocycles. The highest BCUT2D eigenvalue weighted by atomic mass is 19.4. The molecule has 3 nitrogen and oxygen atoms in total. The minimum atomic E-state index is -4.39. The molecule has 6 heteroatoms. The number of hydrogen-bond donors (Lipinski definition) is 1. The van der Waals surface area contributed by atoms with E-state index in [1.54, 1.807) is 7.11 Å². The summed E-state index contributed by atoms with van der Waals surface area (Å²) in [7, 11) is 1.59. The summed E-state index contributed by atoms with van der Waals surface area (Å²) in [5.74, 6) is -0.131. The van der Waals surface area contributed by atoms with Gasteiger partial charge in [0.2, 0.25) is 0 Å². The van der Waals surface area contributed by atoms with E-state index in [0.717, 1.165) is 25.3 Å². The minimum absolute atomic E-state index is 0.131.